The van der Waals surface area contributed by atoms with Gasteiger partial charge < -0.3 is 19.2 Å². The van der Waals surface area contributed by atoms with E-state index in [-0.39, 0.29) is 24.6 Å². The minimum atomic E-state index is -0.507. The molecule has 0 N–H and O–H groups in total. The average molecular weight is 466 g/mol. The van der Waals surface area contributed by atoms with Crippen LogP contribution in [-0.2, 0) is 11.4 Å². The fourth-order valence-electron chi connectivity index (χ4n) is 3.84. The van der Waals surface area contributed by atoms with Crippen molar-refractivity contribution in [1.29, 1.82) is 0 Å². The van der Waals surface area contributed by atoms with E-state index in [1.165, 1.54) is 35.2 Å². The number of halogens is 2. The number of rotatable bonds is 8. The first-order chi connectivity index (χ1) is 16.5. The number of nitrogens with zero attached hydrogens (tertiary/aromatic N) is 2. The summed E-state index contributed by atoms with van der Waals surface area (Å²) >= 11 is 0. The second kappa shape index (κ2) is 10.3. The van der Waals surface area contributed by atoms with Crippen molar-refractivity contribution in [2.45, 2.75) is 19.1 Å². The van der Waals surface area contributed by atoms with Crippen LogP contribution in [0.2, 0.25) is 0 Å². The first-order valence-electron chi connectivity index (χ1n) is 10.7. The standard InChI is InChI=1S/C26H24F2N2O4/c1-32-24-10-9-18(13-25(24)33-2)23-14-22(34-29-23)16-30(15-17-5-3-7-20(27)11-17)26(31)19-6-4-8-21(28)12-19/h3-13,22H,14-16H2,1-2H3/t22-/m0/s1. The molecule has 34 heavy (non-hydrogen) atoms. The number of amides is 1. The van der Waals surface area contributed by atoms with E-state index in [0.29, 0.717) is 29.2 Å². The molecule has 1 amide bonds. The summed E-state index contributed by atoms with van der Waals surface area (Å²) in [5, 5.41) is 4.20. The highest BCUT2D eigenvalue weighted by Gasteiger charge is 2.28. The molecule has 0 bridgehead atoms. The molecule has 1 atom stereocenters. The molecule has 8 heteroatoms. The third kappa shape index (κ3) is 5.33. The SMILES string of the molecule is COc1ccc(C2=NO[C@H](CN(Cc3cccc(F)c3)C(=O)c3cccc(F)c3)C2)cc1OC. The van der Waals surface area contributed by atoms with Gasteiger partial charge in [-0.25, -0.2) is 8.78 Å². The van der Waals surface area contributed by atoms with E-state index >= 15 is 0 Å². The number of methoxy groups -OCH3 is 2. The molecule has 0 saturated heterocycles. The molecule has 0 aliphatic carbocycles. The Kier molecular flexibility index (Phi) is 7.06. The van der Waals surface area contributed by atoms with Crippen LogP contribution in [0.15, 0.2) is 71.9 Å². The van der Waals surface area contributed by atoms with Crippen molar-refractivity contribution in [2.75, 3.05) is 20.8 Å². The van der Waals surface area contributed by atoms with Gasteiger partial charge in [0.15, 0.2) is 17.6 Å². The van der Waals surface area contributed by atoms with Gasteiger partial charge in [-0.3, -0.25) is 4.79 Å². The van der Waals surface area contributed by atoms with E-state index in [0.717, 1.165) is 5.56 Å². The van der Waals surface area contributed by atoms with Crippen LogP contribution in [0.25, 0.3) is 0 Å². The lowest BCUT2D eigenvalue weighted by atomic mass is 10.0. The van der Waals surface area contributed by atoms with Crippen LogP contribution in [-0.4, -0.2) is 43.4 Å². The Hall–Kier alpha value is -3.94. The van der Waals surface area contributed by atoms with Gasteiger partial charge in [-0.05, 0) is 54.1 Å². The first-order valence-corrected chi connectivity index (χ1v) is 10.7. The lowest BCUT2D eigenvalue weighted by molar-refractivity contribution is 0.0404. The number of oxime groups is 1. The number of ether oxygens (including phenoxy) is 2. The maximum atomic E-state index is 13.7. The van der Waals surface area contributed by atoms with Crippen molar-refractivity contribution < 1.29 is 27.9 Å². The van der Waals surface area contributed by atoms with Gasteiger partial charge >= 0.3 is 0 Å². The summed E-state index contributed by atoms with van der Waals surface area (Å²) < 4.78 is 38.1. The minimum Gasteiger partial charge on any atom is -0.493 e. The molecule has 0 fully saturated rings. The van der Waals surface area contributed by atoms with Gasteiger partial charge in [-0.1, -0.05) is 23.4 Å². The maximum absolute atomic E-state index is 13.7. The summed E-state index contributed by atoms with van der Waals surface area (Å²) in [6.07, 6.45) is 0.0279. The highest BCUT2D eigenvalue weighted by atomic mass is 19.1. The largest absolute Gasteiger partial charge is 0.493 e. The highest BCUT2D eigenvalue weighted by molar-refractivity contribution is 6.02. The van der Waals surface area contributed by atoms with Gasteiger partial charge in [0.05, 0.1) is 26.5 Å². The molecular formula is C26H24F2N2O4. The molecule has 0 unspecified atom stereocenters. The molecule has 0 spiro atoms. The number of carbonyl (C=O) groups excluding carboxylic acids is 1. The van der Waals surface area contributed by atoms with E-state index in [4.69, 9.17) is 14.3 Å². The van der Waals surface area contributed by atoms with Crippen molar-refractivity contribution in [2.24, 2.45) is 5.16 Å². The smallest absolute Gasteiger partial charge is 0.254 e. The molecule has 1 heterocycles. The molecule has 0 radical (unpaired) electrons. The Morgan fingerprint density at radius 1 is 1.00 bits per heavy atom. The van der Waals surface area contributed by atoms with Gasteiger partial charge in [0.1, 0.15) is 11.6 Å². The predicted molar refractivity (Wildman–Crippen MR) is 123 cm³/mol. The first kappa shape index (κ1) is 23.2. The second-order valence-electron chi connectivity index (χ2n) is 7.87. The fourth-order valence-corrected chi connectivity index (χ4v) is 3.84. The minimum absolute atomic E-state index is 0.138. The van der Waals surface area contributed by atoms with Crippen LogP contribution in [0, 0.1) is 11.6 Å². The average Bonchev–Trinajstić information content (AvgIpc) is 3.31. The summed E-state index contributed by atoms with van der Waals surface area (Å²) in [5.74, 6) is -0.115. The predicted octanol–water partition coefficient (Wildman–Crippen LogP) is 4.82. The molecule has 0 aromatic heterocycles. The van der Waals surface area contributed by atoms with E-state index in [2.05, 4.69) is 5.16 Å². The lowest BCUT2D eigenvalue weighted by Gasteiger charge is -2.25. The maximum Gasteiger partial charge on any atom is 0.254 e. The Bertz CT molecular complexity index is 1210. The van der Waals surface area contributed by atoms with Gasteiger partial charge in [-0.2, -0.15) is 0 Å². The zero-order chi connectivity index (χ0) is 24.1. The molecule has 176 valence electrons. The number of hydrogen-bond donors (Lipinski definition) is 0. The van der Waals surface area contributed by atoms with Crippen molar-refractivity contribution in [3.8, 4) is 11.5 Å². The Morgan fingerprint density at radius 2 is 1.74 bits per heavy atom. The highest BCUT2D eigenvalue weighted by Crippen LogP contribution is 2.30. The van der Waals surface area contributed by atoms with Crippen molar-refractivity contribution >= 4 is 11.6 Å². The zero-order valence-electron chi connectivity index (χ0n) is 18.8. The number of hydrogen-bond acceptors (Lipinski definition) is 5. The summed E-state index contributed by atoms with van der Waals surface area (Å²) in [4.78, 5) is 20.4. The summed E-state index contributed by atoms with van der Waals surface area (Å²) in [6.45, 7) is 0.324. The Labute approximate surface area is 196 Å². The number of benzene rings is 3. The van der Waals surface area contributed by atoms with E-state index in [1.54, 1.807) is 38.5 Å². The van der Waals surface area contributed by atoms with Crippen LogP contribution in [0.3, 0.4) is 0 Å². The molecule has 3 aromatic rings. The van der Waals surface area contributed by atoms with E-state index in [9.17, 15) is 13.6 Å². The van der Waals surface area contributed by atoms with Crippen LogP contribution in [0.5, 0.6) is 11.5 Å². The molecular weight excluding hydrogens is 442 g/mol. The van der Waals surface area contributed by atoms with Crippen LogP contribution >= 0.6 is 0 Å². The summed E-state index contributed by atoms with van der Waals surface area (Å²) in [6, 6.07) is 17.0. The second-order valence-corrected chi connectivity index (χ2v) is 7.87. The van der Waals surface area contributed by atoms with Gasteiger partial charge in [0.25, 0.3) is 5.91 Å². The Morgan fingerprint density at radius 3 is 2.44 bits per heavy atom. The van der Waals surface area contributed by atoms with Crippen molar-refractivity contribution in [1.82, 2.24) is 4.90 Å². The lowest BCUT2D eigenvalue weighted by Crippen LogP contribution is -2.37. The molecule has 1 aliphatic rings. The topological polar surface area (TPSA) is 60.4 Å². The van der Waals surface area contributed by atoms with Crippen molar-refractivity contribution in [3.05, 3.63) is 95.1 Å². The summed E-state index contributed by atoms with van der Waals surface area (Å²) in [7, 11) is 3.12. The number of carbonyl (C=O) groups is 1. The van der Waals surface area contributed by atoms with E-state index < -0.39 is 17.7 Å². The summed E-state index contributed by atoms with van der Waals surface area (Å²) in [5.41, 5.74) is 2.34. The van der Waals surface area contributed by atoms with Crippen LogP contribution < -0.4 is 9.47 Å². The van der Waals surface area contributed by atoms with Crippen molar-refractivity contribution in [3.63, 3.8) is 0 Å². The molecule has 4 rings (SSSR count). The zero-order valence-corrected chi connectivity index (χ0v) is 18.8. The monoisotopic (exact) mass is 466 g/mol. The van der Waals surface area contributed by atoms with Crippen LogP contribution in [0.4, 0.5) is 8.78 Å². The fraction of sp³-hybridized carbons (Fsp3) is 0.231. The van der Waals surface area contributed by atoms with Gasteiger partial charge in [-0.15, -0.1) is 0 Å². The normalized spacial score (nSPS) is 14.8. The molecule has 1 aliphatic heterocycles. The third-order valence-electron chi connectivity index (χ3n) is 5.50. The molecule has 6 nitrogen and oxygen atoms in total. The quantitative estimate of drug-likeness (QED) is 0.478. The van der Waals surface area contributed by atoms with Crippen LogP contribution in [0.1, 0.15) is 27.9 Å². The molecule has 0 saturated carbocycles. The third-order valence-corrected chi connectivity index (χ3v) is 5.50. The molecule has 3 aromatic carbocycles. The van der Waals surface area contributed by atoms with Gasteiger partial charge in [0, 0.05) is 24.1 Å². The van der Waals surface area contributed by atoms with E-state index in [1.807, 2.05) is 12.1 Å². The van der Waals surface area contributed by atoms with Gasteiger partial charge in [0.2, 0.25) is 0 Å². The Balaban J connectivity index is 1.52.